The molecule has 0 radical (unpaired) electrons. The van der Waals surface area contributed by atoms with Crippen molar-refractivity contribution < 1.29 is 4.79 Å². The van der Waals surface area contributed by atoms with E-state index in [0.717, 1.165) is 42.1 Å². The Bertz CT molecular complexity index is 889. The van der Waals surface area contributed by atoms with Gasteiger partial charge in [-0.2, -0.15) is 0 Å². The van der Waals surface area contributed by atoms with Crippen LogP contribution in [0, 0.1) is 6.92 Å². The minimum absolute atomic E-state index is 0.155. The molecule has 3 aromatic rings. The van der Waals surface area contributed by atoms with E-state index in [4.69, 9.17) is 0 Å². The molecule has 0 saturated carbocycles. The molecule has 1 fully saturated rings. The van der Waals surface area contributed by atoms with Gasteiger partial charge >= 0.3 is 0 Å². The van der Waals surface area contributed by atoms with Crippen molar-refractivity contribution in [3.63, 3.8) is 0 Å². The minimum Gasteiger partial charge on any atom is -0.342 e. The van der Waals surface area contributed by atoms with Gasteiger partial charge in [-0.15, -0.1) is 0 Å². The number of fused-ring (bicyclic) bond motifs is 1. The molecule has 1 saturated heterocycles. The molecule has 25 heavy (non-hydrogen) atoms. The summed E-state index contributed by atoms with van der Waals surface area (Å²) in [5.74, 6) is 0.428. The quantitative estimate of drug-likeness (QED) is 0.737. The Morgan fingerprint density at radius 3 is 3.08 bits per heavy atom. The van der Waals surface area contributed by atoms with Crippen LogP contribution in [0.5, 0.6) is 0 Å². The number of likely N-dealkylation sites (tertiary alicyclic amines) is 1. The Morgan fingerprint density at radius 1 is 1.32 bits per heavy atom. The van der Waals surface area contributed by atoms with Crippen molar-refractivity contribution in [3.05, 3.63) is 60.1 Å². The number of aryl methyl sites for hydroxylation is 1. The fourth-order valence-electron chi connectivity index (χ4n) is 3.60. The Morgan fingerprint density at radius 2 is 2.24 bits per heavy atom. The van der Waals surface area contributed by atoms with Crippen LogP contribution in [0.15, 0.2) is 43.0 Å². The Labute approximate surface area is 146 Å². The molecule has 1 amide bonds. The second kappa shape index (κ2) is 6.63. The zero-order chi connectivity index (χ0) is 17.2. The van der Waals surface area contributed by atoms with Crippen LogP contribution in [-0.4, -0.2) is 43.2 Å². The zero-order valence-corrected chi connectivity index (χ0v) is 14.3. The molecule has 1 atom stereocenters. The first kappa shape index (κ1) is 15.7. The lowest BCUT2D eigenvalue weighted by Gasteiger charge is -2.32. The topological polar surface area (TPSA) is 63.4 Å². The first-order valence-electron chi connectivity index (χ1n) is 8.68. The van der Waals surface area contributed by atoms with E-state index in [-0.39, 0.29) is 11.8 Å². The van der Waals surface area contributed by atoms with Crippen LogP contribution in [0.25, 0.3) is 5.65 Å². The van der Waals surface area contributed by atoms with E-state index in [9.17, 15) is 4.79 Å². The number of aromatic nitrogens is 4. The highest BCUT2D eigenvalue weighted by atomic mass is 16.2. The number of rotatable bonds is 3. The predicted molar refractivity (Wildman–Crippen MR) is 94.2 cm³/mol. The van der Waals surface area contributed by atoms with E-state index >= 15 is 0 Å². The lowest BCUT2D eigenvalue weighted by atomic mass is 9.94. The number of nitrogens with zero attached hydrogens (tertiary/aromatic N) is 5. The summed E-state index contributed by atoms with van der Waals surface area (Å²) in [4.78, 5) is 28.0. The van der Waals surface area contributed by atoms with Crippen molar-refractivity contribution in [3.8, 4) is 0 Å². The van der Waals surface area contributed by atoms with Gasteiger partial charge in [0.1, 0.15) is 5.65 Å². The fourth-order valence-corrected chi connectivity index (χ4v) is 3.60. The summed E-state index contributed by atoms with van der Waals surface area (Å²) in [5.41, 5.74) is 3.76. The Balaban J connectivity index is 1.51. The van der Waals surface area contributed by atoms with Crippen molar-refractivity contribution >= 4 is 11.6 Å². The second-order valence-electron chi connectivity index (χ2n) is 6.56. The van der Waals surface area contributed by atoms with Crippen LogP contribution in [-0.2, 0) is 11.2 Å². The van der Waals surface area contributed by atoms with E-state index in [0.29, 0.717) is 13.0 Å². The maximum atomic E-state index is 12.9. The van der Waals surface area contributed by atoms with E-state index in [1.54, 1.807) is 12.4 Å². The van der Waals surface area contributed by atoms with Gasteiger partial charge in [-0.25, -0.2) is 4.98 Å². The van der Waals surface area contributed by atoms with Crippen molar-refractivity contribution in [1.29, 1.82) is 0 Å². The van der Waals surface area contributed by atoms with Crippen LogP contribution >= 0.6 is 0 Å². The Kier molecular flexibility index (Phi) is 4.17. The second-order valence-corrected chi connectivity index (χ2v) is 6.56. The highest BCUT2D eigenvalue weighted by Gasteiger charge is 2.26. The summed E-state index contributed by atoms with van der Waals surface area (Å²) in [6.07, 6.45) is 9.62. The summed E-state index contributed by atoms with van der Waals surface area (Å²) >= 11 is 0. The number of carbonyl (C=O) groups is 1. The number of hydrogen-bond acceptors (Lipinski definition) is 4. The zero-order valence-electron chi connectivity index (χ0n) is 14.3. The first-order chi connectivity index (χ1) is 12.2. The van der Waals surface area contributed by atoms with Gasteiger partial charge < -0.3 is 9.30 Å². The lowest BCUT2D eigenvalue weighted by Crippen LogP contribution is -2.40. The maximum Gasteiger partial charge on any atom is 0.228 e. The molecule has 0 aromatic carbocycles. The number of amides is 1. The molecule has 0 N–H and O–H groups in total. The third-order valence-electron chi connectivity index (χ3n) is 4.92. The normalized spacial score (nSPS) is 17.8. The van der Waals surface area contributed by atoms with E-state index in [1.807, 2.05) is 46.8 Å². The van der Waals surface area contributed by atoms with Crippen molar-refractivity contribution in [2.45, 2.75) is 32.1 Å². The molecular weight excluding hydrogens is 314 g/mol. The van der Waals surface area contributed by atoms with Crippen LogP contribution in [0.1, 0.15) is 35.8 Å². The van der Waals surface area contributed by atoms with Gasteiger partial charge in [0.05, 0.1) is 23.5 Å². The monoisotopic (exact) mass is 335 g/mol. The fraction of sp³-hybridized carbons (Fsp3) is 0.368. The molecule has 4 rings (SSSR count). The molecule has 1 unspecified atom stereocenters. The molecule has 0 aliphatic carbocycles. The number of pyridine rings is 1. The highest BCUT2D eigenvalue weighted by Crippen LogP contribution is 2.25. The van der Waals surface area contributed by atoms with Gasteiger partial charge in [0.25, 0.3) is 0 Å². The van der Waals surface area contributed by atoms with Crippen molar-refractivity contribution in [2.24, 2.45) is 0 Å². The van der Waals surface area contributed by atoms with Crippen molar-refractivity contribution in [2.75, 3.05) is 13.1 Å². The average molecular weight is 335 g/mol. The number of hydrogen-bond donors (Lipinski definition) is 0. The maximum absolute atomic E-state index is 12.9. The predicted octanol–water partition coefficient (Wildman–Crippen LogP) is 2.38. The number of carbonyl (C=O) groups excluding carboxylic acids is 1. The standard InChI is InChI=1S/C19H21N5O/c1-14-17(24-10-3-2-6-18(24)22-14)11-19(25)23-9-4-5-15(13-23)16-12-20-7-8-21-16/h2-3,6-8,10,12,15H,4-5,9,11,13H2,1H3. The lowest BCUT2D eigenvalue weighted by molar-refractivity contribution is -0.131. The van der Waals surface area contributed by atoms with E-state index in [2.05, 4.69) is 15.0 Å². The Hall–Kier alpha value is -2.76. The van der Waals surface area contributed by atoms with Gasteiger partial charge in [0.15, 0.2) is 0 Å². The third kappa shape index (κ3) is 3.12. The van der Waals surface area contributed by atoms with Gasteiger partial charge in [0.2, 0.25) is 5.91 Å². The summed E-state index contributed by atoms with van der Waals surface area (Å²) in [5, 5.41) is 0. The van der Waals surface area contributed by atoms with E-state index in [1.165, 1.54) is 0 Å². The van der Waals surface area contributed by atoms with E-state index < -0.39 is 0 Å². The first-order valence-corrected chi connectivity index (χ1v) is 8.68. The molecule has 6 heteroatoms. The molecule has 4 heterocycles. The molecule has 0 spiro atoms. The smallest absolute Gasteiger partial charge is 0.228 e. The summed E-state index contributed by atoms with van der Waals surface area (Å²) in [6, 6.07) is 5.89. The summed E-state index contributed by atoms with van der Waals surface area (Å²) in [6.45, 7) is 3.49. The highest BCUT2D eigenvalue weighted by molar-refractivity contribution is 5.79. The molecule has 128 valence electrons. The largest absolute Gasteiger partial charge is 0.342 e. The van der Waals surface area contributed by atoms with Crippen molar-refractivity contribution in [1.82, 2.24) is 24.3 Å². The SMILES string of the molecule is Cc1nc2ccccn2c1CC(=O)N1CCCC(c2cnccn2)C1. The summed E-state index contributed by atoms with van der Waals surface area (Å²) in [7, 11) is 0. The average Bonchev–Trinajstić information content (AvgIpc) is 2.98. The van der Waals surface area contributed by atoms with Crippen LogP contribution < -0.4 is 0 Å². The summed E-state index contributed by atoms with van der Waals surface area (Å²) < 4.78 is 2.01. The third-order valence-corrected chi connectivity index (χ3v) is 4.92. The molecule has 0 bridgehead atoms. The molecule has 1 aliphatic rings. The van der Waals surface area contributed by atoms with Crippen LogP contribution in [0.3, 0.4) is 0 Å². The van der Waals surface area contributed by atoms with Gasteiger partial charge in [-0.3, -0.25) is 14.8 Å². The minimum atomic E-state index is 0.155. The molecular formula is C19H21N5O. The number of imidazole rings is 1. The molecule has 3 aromatic heterocycles. The molecule has 6 nitrogen and oxygen atoms in total. The van der Waals surface area contributed by atoms with Gasteiger partial charge in [-0.1, -0.05) is 6.07 Å². The van der Waals surface area contributed by atoms with Crippen LogP contribution in [0.4, 0.5) is 0 Å². The van der Waals surface area contributed by atoms with Gasteiger partial charge in [-0.05, 0) is 31.9 Å². The van der Waals surface area contributed by atoms with Gasteiger partial charge in [0, 0.05) is 43.8 Å². The number of piperidine rings is 1. The molecule has 1 aliphatic heterocycles. The van der Waals surface area contributed by atoms with Crippen LogP contribution in [0.2, 0.25) is 0 Å².